The van der Waals surface area contributed by atoms with Crippen LogP contribution in [0.1, 0.15) is 23.6 Å². The molecule has 2 atom stereocenters. The molecule has 5 nitrogen and oxygen atoms in total. The van der Waals surface area contributed by atoms with E-state index in [1.807, 2.05) is 35.2 Å². The minimum Gasteiger partial charge on any atom is -0.497 e. The number of nitrogens with zero attached hydrogens (tertiary/aromatic N) is 2. The average molecular weight is 330 g/mol. The molecule has 126 valence electrons. The van der Waals surface area contributed by atoms with Gasteiger partial charge in [0.05, 0.1) is 13.7 Å². The Labute approximate surface area is 139 Å². The number of hydrogen-bond donors (Lipinski definition) is 0. The Kier molecular flexibility index (Phi) is 4.76. The molecular weight excluding hydrogens is 311 g/mol. The SMILES string of the molecule is COc1ccc(F)c(C2CC([N+](=O)[O-])CN2Cc2ccccc2)c1. The van der Waals surface area contributed by atoms with Crippen LogP contribution in [0.4, 0.5) is 4.39 Å². The second-order valence-corrected chi connectivity index (χ2v) is 5.99. The molecule has 1 saturated heterocycles. The Balaban J connectivity index is 1.91. The normalized spacial score (nSPS) is 20.9. The van der Waals surface area contributed by atoms with Crippen LogP contribution in [0.3, 0.4) is 0 Å². The van der Waals surface area contributed by atoms with E-state index in [9.17, 15) is 14.5 Å². The van der Waals surface area contributed by atoms with Crippen molar-refractivity contribution in [1.82, 2.24) is 4.90 Å². The molecule has 1 aliphatic rings. The van der Waals surface area contributed by atoms with Gasteiger partial charge in [-0.05, 0) is 23.8 Å². The number of benzene rings is 2. The van der Waals surface area contributed by atoms with Crippen molar-refractivity contribution in [1.29, 1.82) is 0 Å². The molecule has 0 saturated carbocycles. The van der Waals surface area contributed by atoms with Crippen molar-refractivity contribution in [2.24, 2.45) is 0 Å². The zero-order chi connectivity index (χ0) is 17.1. The van der Waals surface area contributed by atoms with Crippen molar-refractivity contribution in [2.45, 2.75) is 25.0 Å². The molecule has 0 bridgehead atoms. The zero-order valence-corrected chi connectivity index (χ0v) is 13.4. The molecule has 1 heterocycles. The predicted octanol–water partition coefficient (Wildman–Crippen LogP) is 3.43. The van der Waals surface area contributed by atoms with E-state index < -0.39 is 6.04 Å². The van der Waals surface area contributed by atoms with E-state index in [0.717, 1.165) is 5.56 Å². The Morgan fingerprint density at radius 2 is 2.04 bits per heavy atom. The van der Waals surface area contributed by atoms with Gasteiger partial charge in [-0.3, -0.25) is 15.0 Å². The van der Waals surface area contributed by atoms with Gasteiger partial charge in [0, 0.05) is 29.5 Å². The van der Waals surface area contributed by atoms with Crippen LogP contribution in [0, 0.1) is 15.9 Å². The number of rotatable bonds is 5. The first-order valence-corrected chi connectivity index (χ1v) is 7.83. The third-order valence-corrected chi connectivity index (χ3v) is 4.47. The summed E-state index contributed by atoms with van der Waals surface area (Å²) in [4.78, 5) is 13.0. The van der Waals surface area contributed by atoms with Gasteiger partial charge in [0.1, 0.15) is 11.6 Å². The Hall–Kier alpha value is -2.47. The fourth-order valence-corrected chi connectivity index (χ4v) is 3.25. The highest BCUT2D eigenvalue weighted by atomic mass is 19.1. The topological polar surface area (TPSA) is 55.6 Å². The molecule has 24 heavy (non-hydrogen) atoms. The van der Waals surface area contributed by atoms with Gasteiger partial charge in [-0.15, -0.1) is 0 Å². The Morgan fingerprint density at radius 3 is 2.71 bits per heavy atom. The molecule has 0 amide bonds. The number of likely N-dealkylation sites (tertiary alicyclic amines) is 1. The number of hydrogen-bond acceptors (Lipinski definition) is 4. The maximum absolute atomic E-state index is 14.3. The van der Waals surface area contributed by atoms with Crippen LogP contribution in [-0.2, 0) is 6.54 Å². The average Bonchev–Trinajstić information content (AvgIpc) is 3.00. The fraction of sp³-hybridized carbons (Fsp3) is 0.333. The lowest BCUT2D eigenvalue weighted by atomic mass is 10.0. The van der Waals surface area contributed by atoms with Crippen LogP contribution in [0.15, 0.2) is 48.5 Å². The summed E-state index contributed by atoms with van der Waals surface area (Å²) < 4.78 is 19.5. The van der Waals surface area contributed by atoms with Gasteiger partial charge in [0.2, 0.25) is 6.04 Å². The summed E-state index contributed by atoms with van der Waals surface area (Å²) in [6.07, 6.45) is 0.296. The molecular formula is C18H19FN2O3. The van der Waals surface area contributed by atoms with E-state index in [4.69, 9.17) is 4.74 Å². The van der Waals surface area contributed by atoms with E-state index in [1.165, 1.54) is 13.2 Å². The van der Waals surface area contributed by atoms with Crippen molar-refractivity contribution in [3.63, 3.8) is 0 Å². The molecule has 3 rings (SSSR count). The highest BCUT2D eigenvalue weighted by molar-refractivity contribution is 5.33. The molecule has 0 aliphatic carbocycles. The molecule has 0 radical (unpaired) electrons. The van der Waals surface area contributed by atoms with Gasteiger partial charge in [-0.1, -0.05) is 30.3 Å². The van der Waals surface area contributed by atoms with Crippen molar-refractivity contribution in [3.8, 4) is 5.75 Å². The van der Waals surface area contributed by atoms with Crippen molar-refractivity contribution < 1.29 is 14.1 Å². The molecule has 0 spiro atoms. The highest BCUT2D eigenvalue weighted by Crippen LogP contribution is 2.37. The standard InChI is InChI=1S/C18H19FN2O3/c1-24-15-7-8-17(19)16(10-15)18-9-14(21(22)23)12-20(18)11-13-5-3-2-4-6-13/h2-8,10,14,18H,9,11-12H2,1H3. The van der Waals surface area contributed by atoms with Gasteiger partial charge in [0.15, 0.2) is 0 Å². The number of halogens is 1. The van der Waals surface area contributed by atoms with Crippen molar-refractivity contribution in [3.05, 3.63) is 75.6 Å². The summed E-state index contributed by atoms with van der Waals surface area (Å²) in [6.45, 7) is 0.857. The Morgan fingerprint density at radius 1 is 1.29 bits per heavy atom. The lowest BCUT2D eigenvalue weighted by molar-refractivity contribution is -0.518. The van der Waals surface area contributed by atoms with E-state index >= 15 is 0 Å². The maximum Gasteiger partial charge on any atom is 0.227 e. The minimum absolute atomic E-state index is 0.268. The lowest BCUT2D eigenvalue weighted by Crippen LogP contribution is -2.27. The van der Waals surface area contributed by atoms with E-state index in [-0.39, 0.29) is 16.8 Å². The first kappa shape index (κ1) is 16.4. The van der Waals surface area contributed by atoms with Crippen molar-refractivity contribution in [2.75, 3.05) is 13.7 Å². The summed E-state index contributed by atoms with van der Waals surface area (Å²) in [6, 6.07) is 13.2. The van der Waals surface area contributed by atoms with Crippen molar-refractivity contribution >= 4 is 0 Å². The third kappa shape index (κ3) is 3.38. The summed E-state index contributed by atoms with van der Waals surface area (Å²) in [5.74, 6) is 0.193. The molecule has 2 aromatic rings. The van der Waals surface area contributed by atoms with Crippen LogP contribution in [-0.4, -0.2) is 29.5 Å². The van der Waals surface area contributed by atoms with Gasteiger partial charge < -0.3 is 4.74 Å². The first-order chi connectivity index (χ1) is 11.6. The second kappa shape index (κ2) is 6.97. The number of nitro groups is 1. The van der Waals surface area contributed by atoms with Crippen LogP contribution < -0.4 is 4.74 Å². The summed E-state index contributed by atoms with van der Waals surface area (Å²) in [5, 5.41) is 11.2. The second-order valence-electron chi connectivity index (χ2n) is 5.99. The lowest BCUT2D eigenvalue weighted by Gasteiger charge is -2.24. The van der Waals surface area contributed by atoms with E-state index in [1.54, 1.807) is 12.1 Å². The van der Waals surface area contributed by atoms with Crippen LogP contribution in [0.2, 0.25) is 0 Å². The van der Waals surface area contributed by atoms with Gasteiger partial charge in [-0.25, -0.2) is 4.39 Å². The molecule has 0 N–H and O–H groups in total. The van der Waals surface area contributed by atoms with Gasteiger partial charge >= 0.3 is 0 Å². The zero-order valence-electron chi connectivity index (χ0n) is 13.4. The van der Waals surface area contributed by atoms with E-state index in [0.29, 0.717) is 30.8 Å². The maximum atomic E-state index is 14.3. The quantitative estimate of drug-likeness (QED) is 0.622. The molecule has 0 aromatic heterocycles. The molecule has 1 fully saturated rings. The Bertz CT molecular complexity index is 723. The molecule has 6 heteroatoms. The molecule has 2 aromatic carbocycles. The van der Waals surface area contributed by atoms with E-state index in [2.05, 4.69) is 0 Å². The van der Waals surface area contributed by atoms with Crippen LogP contribution >= 0.6 is 0 Å². The largest absolute Gasteiger partial charge is 0.497 e. The minimum atomic E-state index is -0.690. The monoisotopic (exact) mass is 330 g/mol. The van der Waals surface area contributed by atoms with Gasteiger partial charge in [-0.2, -0.15) is 0 Å². The van der Waals surface area contributed by atoms with Crippen LogP contribution in [0.5, 0.6) is 5.75 Å². The number of methoxy groups -OCH3 is 1. The third-order valence-electron chi connectivity index (χ3n) is 4.47. The fourth-order valence-electron chi connectivity index (χ4n) is 3.25. The first-order valence-electron chi connectivity index (χ1n) is 7.83. The number of ether oxygens (including phenoxy) is 1. The van der Waals surface area contributed by atoms with Crippen LogP contribution in [0.25, 0.3) is 0 Å². The summed E-state index contributed by atoms with van der Waals surface area (Å²) in [5.41, 5.74) is 1.50. The molecule has 1 aliphatic heterocycles. The summed E-state index contributed by atoms with van der Waals surface area (Å²) >= 11 is 0. The smallest absolute Gasteiger partial charge is 0.227 e. The molecule has 2 unspecified atom stereocenters. The highest BCUT2D eigenvalue weighted by Gasteiger charge is 2.40. The van der Waals surface area contributed by atoms with Gasteiger partial charge in [0.25, 0.3) is 0 Å². The summed E-state index contributed by atoms with van der Waals surface area (Å²) in [7, 11) is 1.52. The predicted molar refractivity (Wildman–Crippen MR) is 87.9 cm³/mol.